The van der Waals surface area contributed by atoms with Gasteiger partial charge in [-0.15, -0.1) is 0 Å². The fourth-order valence-electron chi connectivity index (χ4n) is 1.60. The summed E-state index contributed by atoms with van der Waals surface area (Å²) in [5, 5.41) is 0. The molecule has 0 fully saturated rings. The van der Waals surface area contributed by atoms with Gasteiger partial charge in [0.1, 0.15) is 11.5 Å². The zero-order valence-electron chi connectivity index (χ0n) is 11.1. The topological polar surface area (TPSA) is 40.6 Å². The Kier molecular flexibility index (Phi) is 4.75. The molecule has 0 aliphatic heterocycles. The van der Waals surface area contributed by atoms with Crippen LogP contribution in [0.15, 0.2) is 42.6 Å². The molecule has 0 radical (unpaired) electrons. The lowest BCUT2D eigenvalue weighted by atomic mass is 10.2. The highest BCUT2D eigenvalue weighted by atomic mass is 16.5. The quantitative estimate of drug-likeness (QED) is 0.797. The van der Waals surface area contributed by atoms with Gasteiger partial charge in [-0.3, -0.25) is 0 Å². The van der Waals surface area contributed by atoms with Crippen molar-refractivity contribution in [3.8, 4) is 17.4 Å². The second-order valence-electron chi connectivity index (χ2n) is 3.92. The molecule has 0 bridgehead atoms. The van der Waals surface area contributed by atoms with Crippen molar-refractivity contribution in [2.24, 2.45) is 0 Å². The van der Waals surface area contributed by atoms with E-state index in [1.165, 1.54) is 0 Å². The third-order valence-electron chi connectivity index (χ3n) is 2.53. The van der Waals surface area contributed by atoms with Crippen LogP contribution in [0.2, 0.25) is 0 Å². The molecular weight excluding hydrogens is 242 g/mol. The zero-order chi connectivity index (χ0) is 13.5. The molecule has 19 heavy (non-hydrogen) atoms. The summed E-state index contributed by atoms with van der Waals surface area (Å²) in [6.07, 6.45) is 1.63. The average molecular weight is 259 g/mol. The predicted molar refractivity (Wildman–Crippen MR) is 72.6 cm³/mol. The highest BCUT2D eigenvalue weighted by Crippen LogP contribution is 2.23. The summed E-state index contributed by atoms with van der Waals surface area (Å²) in [6, 6.07) is 11.4. The summed E-state index contributed by atoms with van der Waals surface area (Å²) in [6.45, 7) is 3.27. The molecule has 0 aliphatic rings. The van der Waals surface area contributed by atoms with E-state index in [1.807, 2.05) is 37.3 Å². The van der Waals surface area contributed by atoms with Crippen LogP contribution in [0, 0.1) is 0 Å². The normalized spacial score (nSPS) is 10.2. The zero-order valence-corrected chi connectivity index (χ0v) is 11.1. The van der Waals surface area contributed by atoms with Crippen LogP contribution >= 0.6 is 0 Å². The van der Waals surface area contributed by atoms with Gasteiger partial charge in [0.15, 0.2) is 0 Å². The van der Waals surface area contributed by atoms with Gasteiger partial charge >= 0.3 is 0 Å². The Morgan fingerprint density at radius 2 is 2.00 bits per heavy atom. The van der Waals surface area contributed by atoms with Gasteiger partial charge in [0.2, 0.25) is 5.88 Å². The number of methoxy groups -OCH3 is 1. The van der Waals surface area contributed by atoms with Crippen molar-refractivity contribution in [1.29, 1.82) is 0 Å². The number of rotatable bonds is 6. The second kappa shape index (κ2) is 6.75. The fourth-order valence-corrected chi connectivity index (χ4v) is 1.60. The Morgan fingerprint density at radius 1 is 1.11 bits per heavy atom. The van der Waals surface area contributed by atoms with Crippen LogP contribution in [0.3, 0.4) is 0 Å². The largest absolute Gasteiger partial charge is 0.481 e. The van der Waals surface area contributed by atoms with Gasteiger partial charge in [0, 0.05) is 12.7 Å². The summed E-state index contributed by atoms with van der Waals surface area (Å²) in [7, 11) is 1.58. The van der Waals surface area contributed by atoms with Crippen molar-refractivity contribution in [1.82, 2.24) is 4.98 Å². The maximum absolute atomic E-state index is 5.72. The maximum Gasteiger partial charge on any atom is 0.213 e. The number of pyridine rings is 1. The fraction of sp³-hybridized carbons (Fsp3) is 0.267. The standard InChI is InChI=1S/C15H17NO3/c1-3-18-11-12-5-4-6-13(9-12)19-14-7-8-15(17-2)16-10-14/h4-10H,3,11H2,1-2H3. The molecule has 1 aromatic carbocycles. The van der Waals surface area contributed by atoms with Crippen molar-refractivity contribution in [3.05, 3.63) is 48.2 Å². The minimum atomic E-state index is 0.567. The van der Waals surface area contributed by atoms with Crippen LogP contribution in [0.1, 0.15) is 12.5 Å². The molecule has 1 heterocycles. The minimum absolute atomic E-state index is 0.567. The molecule has 2 aromatic rings. The van der Waals surface area contributed by atoms with Crippen molar-refractivity contribution in [2.45, 2.75) is 13.5 Å². The molecular formula is C15H17NO3. The Bertz CT molecular complexity index is 511. The van der Waals surface area contributed by atoms with Gasteiger partial charge in [-0.1, -0.05) is 12.1 Å². The van der Waals surface area contributed by atoms with Crippen molar-refractivity contribution < 1.29 is 14.2 Å². The summed E-state index contributed by atoms with van der Waals surface area (Å²) >= 11 is 0. The summed E-state index contributed by atoms with van der Waals surface area (Å²) in [4.78, 5) is 4.09. The molecule has 2 rings (SSSR count). The maximum atomic E-state index is 5.72. The van der Waals surface area contributed by atoms with E-state index in [9.17, 15) is 0 Å². The average Bonchev–Trinajstić information content (AvgIpc) is 2.46. The Morgan fingerprint density at radius 3 is 2.68 bits per heavy atom. The van der Waals surface area contributed by atoms with Crippen LogP contribution in [0.4, 0.5) is 0 Å². The van der Waals surface area contributed by atoms with E-state index >= 15 is 0 Å². The van der Waals surface area contributed by atoms with Gasteiger partial charge in [0.25, 0.3) is 0 Å². The molecule has 0 atom stereocenters. The lowest BCUT2D eigenvalue weighted by molar-refractivity contribution is 0.134. The van der Waals surface area contributed by atoms with Crippen molar-refractivity contribution in [2.75, 3.05) is 13.7 Å². The second-order valence-corrected chi connectivity index (χ2v) is 3.92. The SMILES string of the molecule is CCOCc1cccc(Oc2ccc(OC)nc2)c1. The lowest BCUT2D eigenvalue weighted by Crippen LogP contribution is -1.93. The Hall–Kier alpha value is -2.07. The number of nitrogens with zero attached hydrogens (tertiary/aromatic N) is 1. The minimum Gasteiger partial charge on any atom is -0.481 e. The molecule has 100 valence electrons. The van der Waals surface area contributed by atoms with Gasteiger partial charge < -0.3 is 14.2 Å². The molecule has 0 saturated heterocycles. The highest BCUT2D eigenvalue weighted by molar-refractivity contribution is 5.33. The third-order valence-corrected chi connectivity index (χ3v) is 2.53. The molecule has 1 aromatic heterocycles. The summed E-state index contributed by atoms with van der Waals surface area (Å²) < 4.78 is 16.1. The van der Waals surface area contributed by atoms with E-state index in [1.54, 1.807) is 19.4 Å². The predicted octanol–water partition coefficient (Wildman–Crippen LogP) is 3.42. The number of hydrogen-bond acceptors (Lipinski definition) is 4. The number of benzene rings is 1. The van der Waals surface area contributed by atoms with E-state index in [4.69, 9.17) is 14.2 Å². The smallest absolute Gasteiger partial charge is 0.213 e. The van der Waals surface area contributed by atoms with Crippen LogP contribution in [0.5, 0.6) is 17.4 Å². The van der Waals surface area contributed by atoms with Gasteiger partial charge in [-0.05, 0) is 30.7 Å². The monoisotopic (exact) mass is 259 g/mol. The van der Waals surface area contributed by atoms with Crippen molar-refractivity contribution >= 4 is 0 Å². The summed E-state index contributed by atoms with van der Waals surface area (Å²) in [5.41, 5.74) is 1.08. The Balaban J connectivity index is 2.05. The Labute approximate surface area is 113 Å². The van der Waals surface area contributed by atoms with E-state index in [0.29, 0.717) is 24.8 Å². The van der Waals surface area contributed by atoms with E-state index in [-0.39, 0.29) is 0 Å². The third kappa shape index (κ3) is 3.96. The van der Waals surface area contributed by atoms with Gasteiger partial charge in [-0.2, -0.15) is 0 Å². The van der Waals surface area contributed by atoms with Crippen LogP contribution < -0.4 is 9.47 Å². The molecule has 4 nitrogen and oxygen atoms in total. The number of hydrogen-bond donors (Lipinski definition) is 0. The molecule has 0 unspecified atom stereocenters. The van der Waals surface area contributed by atoms with E-state index in [2.05, 4.69) is 4.98 Å². The van der Waals surface area contributed by atoms with E-state index in [0.717, 1.165) is 11.3 Å². The molecule has 4 heteroatoms. The molecule has 0 saturated carbocycles. The first kappa shape index (κ1) is 13.4. The first-order valence-corrected chi connectivity index (χ1v) is 6.16. The lowest BCUT2D eigenvalue weighted by Gasteiger charge is -2.08. The molecule has 0 amide bonds. The first-order valence-electron chi connectivity index (χ1n) is 6.16. The van der Waals surface area contributed by atoms with Crippen LogP contribution in [0.25, 0.3) is 0 Å². The molecule has 0 aliphatic carbocycles. The number of ether oxygens (including phenoxy) is 3. The highest BCUT2D eigenvalue weighted by Gasteiger charge is 2.00. The van der Waals surface area contributed by atoms with Crippen LogP contribution in [-0.4, -0.2) is 18.7 Å². The van der Waals surface area contributed by atoms with Crippen LogP contribution in [-0.2, 0) is 11.3 Å². The van der Waals surface area contributed by atoms with Gasteiger partial charge in [0.05, 0.1) is 19.9 Å². The van der Waals surface area contributed by atoms with Crippen molar-refractivity contribution in [3.63, 3.8) is 0 Å². The number of aromatic nitrogens is 1. The molecule has 0 spiro atoms. The molecule has 0 N–H and O–H groups in total. The first-order chi connectivity index (χ1) is 9.31. The van der Waals surface area contributed by atoms with Gasteiger partial charge in [-0.25, -0.2) is 4.98 Å². The van der Waals surface area contributed by atoms with E-state index < -0.39 is 0 Å². The summed E-state index contributed by atoms with van der Waals surface area (Å²) in [5.74, 6) is 2.01.